The van der Waals surface area contributed by atoms with Crippen LogP contribution < -0.4 is 0 Å². The molecule has 0 spiro atoms. The van der Waals surface area contributed by atoms with Gasteiger partial charge in [-0.2, -0.15) is 5.26 Å². The summed E-state index contributed by atoms with van der Waals surface area (Å²) in [7, 11) is 0. The van der Waals surface area contributed by atoms with Crippen molar-refractivity contribution in [1.82, 2.24) is 9.88 Å². The van der Waals surface area contributed by atoms with Crippen LogP contribution in [0.2, 0.25) is 0 Å². The normalized spacial score (nSPS) is 20.6. The van der Waals surface area contributed by atoms with Crippen LogP contribution in [0.3, 0.4) is 0 Å². The molecule has 1 fully saturated rings. The van der Waals surface area contributed by atoms with Gasteiger partial charge in [0.05, 0.1) is 18.2 Å². The van der Waals surface area contributed by atoms with E-state index in [2.05, 4.69) is 27.0 Å². The van der Waals surface area contributed by atoms with E-state index in [1.165, 1.54) is 23.5 Å². The fourth-order valence-electron chi connectivity index (χ4n) is 3.86. The minimum Gasteiger partial charge on any atom is -0.463 e. The summed E-state index contributed by atoms with van der Waals surface area (Å²) in [5.74, 6) is -0.0875. The number of carbonyl (C=O) groups is 1. The lowest BCUT2D eigenvalue weighted by Crippen LogP contribution is -2.35. The number of esters is 1. The van der Waals surface area contributed by atoms with Gasteiger partial charge in [-0.15, -0.1) is 11.3 Å². The van der Waals surface area contributed by atoms with Crippen molar-refractivity contribution in [3.8, 4) is 6.07 Å². The number of hydrogen-bond donors (Lipinski definition) is 0. The van der Waals surface area contributed by atoms with Gasteiger partial charge in [-0.25, -0.2) is 14.2 Å². The molecular weight excluding hydrogens is 471 g/mol. The number of benzene rings is 1. The van der Waals surface area contributed by atoms with Crippen molar-refractivity contribution in [2.24, 2.45) is 10.9 Å². The van der Waals surface area contributed by atoms with E-state index >= 15 is 0 Å². The predicted octanol–water partition coefficient (Wildman–Crippen LogP) is 4.60. The zero-order valence-electron chi connectivity index (χ0n) is 16.1. The van der Waals surface area contributed by atoms with Crippen molar-refractivity contribution < 1.29 is 13.9 Å². The molecular formula is C21H18BrFN4O2S. The van der Waals surface area contributed by atoms with Crippen LogP contribution in [0.4, 0.5) is 4.39 Å². The van der Waals surface area contributed by atoms with Crippen molar-refractivity contribution in [3.05, 3.63) is 61.9 Å². The molecule has 2 aromatic rings. The van der Waals surface area contributed by atoms with E-state index in [0.717, 1.165) is 10.7 Å². The van der Waals surface area contributed by atoms with Gasteiger partial charge >= 0.3 is 5.97 Å². The molecule has 1 aromatic heterocycles. The summed E-state index contributed by atoms with van der Waals surface area (Å²) in [6.07, 6.45) is 2.66. The Labute approximate surface area is 185 Å². The Morgan fingerprint density at radius 1 is 1.50 bits per heavy atom. The number of aliphatic imine (C=N–C) groups is 1. The van der Waals surface area contributed by atoms with Crippen LogP contribution >= 0.6 is 27.3 Å². The molecule has 9 heteroatoms. The minimum absolute atomic E-state index is 0.0787. The molecule has 0 bridgehead atoms. The van der Waals surface area contributed by atoms with E-state index in [1.807, 2.05) is 10.3 Å². The maximum atomic E-state index is 13.7. The van der Waals surface area contributed by atoms with Gasteiger partial charge in [-0.1, -0.05) is 22.0 Å². The molecule has 2 aliphatic heterocycles. The number of hydrogen-bond acceptors (Lipinski definition) is 7. The third-order valence-corrected chi connectivity index (χ3v) is 6.55. The first-order valence-corrected chi connectivity index (χ1v) is 11.2. The van der Waals surface area contributed by atoms with E-state index in [4.69, 9.17) is 9.73 Å². The second-order valence-electron chi connectivity index (χ2n) is 6.98. The molecule has 4 rings (SSSR count). The molecule has 1 unspecified atom stereocenters. The largest absolute Gasteiger partial charge is 0.463 e. The first-order valence-electron chi connectivity index (χ1n) is 9.50. The number of fused-ring (bicyclic) bond motifs is 1. The summed E-state index contributed by atoms with van der Waals surface area (Å²) in [4.78, 5) is 24.3. The van der Waals surface area contributed by atoms with Crippen molar-refractivity contribution in [2.45, 2.75) is 25.8 Å². The number of nitrogens with zero attached hydrogens (tertiary/aromatic N) is 4. The lowest BCUT2D eigenvalue weighted by Gasteiger charge is -2.32. The summed E-state index contributed by atoms with van der Waals surface area (Å²) in [5, 5.41) is 11.8. The summed E-state index contributed by atoms with van der Waals surface area (Å²) in [6, 6.07) is 5.91. The molecule has 0 saturated carbocycles. The Kier molecular flexibility index (Phi) is 5.97. The van der Waals surface area contributed by atoms with Crippen LogP contribution in [0.1, 0.15) is 36.4 Å². The lowest BCUT2D eigenvalue weighted by atomic mass is 9.93. The standard InChI is InChI=1S/C21H18BrFN4O2S/c1-2-29-21(28)17-16-9-12(5-6-24)11-27(16)19(20-25-7-8-30-20)26-18(17)14-4-3-13(23)10-15(14)22/h3-4,7-8,10,12,18H,2,5,9,11H2,1H3/t12?,18-/m0/s1. The monoisotopic (exact) mass is 488 g/mol. The Morgan fingerprint density at radius 3 is 3.00 bits per heavy atom. The lowest BCUT2D eigenvalue weighted by molar-refractivity contribution is -0.139. The number of nitriles is 1. The molecule has 6 nitrogen and oxygen atoms in total. The Morgan fingerprint density at radius 2 is 2.33 bits per heavy atom. The van der Waals surface area contributed by atoms with Crippen molar-refractivity contribution in [1.29, 1.82) is 5.26 Å². The smallest absolute Gasteiger partial charge is 0.338 e. The first-order chi connectivity index (χ1) is 14.5. The molecule has 0 N–H and O–H groups in total. The molecule has 1 aromatic carbocycles. The second kappa shape index (κ2) is 8.66. The summed E-state index contributed by atoms with van der Waals surface area (Å²) < 4.78 is 19.6. The van der Waals surface area contributed by atoms with Crippen LogP contribution in [-0.4, -0.2) is 34.8 Å². The highest BCUT2D eigenvalue weighted by Gasteiger charge is 2.42. The van der Waals surface area contributed by atoms with Gasteiger partial charge in [0.1, 0.15) is 11.9 Å². The number of aromatic nitrogens is 1. The Balaban J connectivity index is 1.90. The molecule has 3 heterocycles. The highest BCUT2D eigenvalue weighted by molar-refractivity contribution is 9.10. The fourth-order valence-corrected chi connectivity index (χ4v) is 5.07. The van der Waals surface area contributed by atoms with E-state index < -0.39 is 12.0 Å². The molecule has 154 valence electrons. The predicted molar refractivity (Wildman–Crippen MR) is 114 cm³/mol. The van der Waals surface area contributed by atoms with Gasteiger partial charge in [-0.05, 0) is 37.0 Å². The number of amidine groups is 1. The van der Waals surface area contributed by atoms with Crippen LogP contribution in [0.15, 0.2) is 50.5 Å². The van der Waals surface area contributed by atoms with Gasteiger partial charge < -0.3 is 9.64 Å². The highest BCUT2D eigenvalue weighted by atomic mass is 79.9. The fraction of sp³-hybridized carbons (Fsp3) is 0.333. The van der Waals surface area contributed by atoms with Gasteiger partial charge in [0.25, 0.3) is 0 Å². The maximum absolute atomic E-state index is 13.7. The van der Waals surface area contributed by atoms with Crippen molar-refractivity contribution >= 4 is 39.1 Å². The SMILES string of the molecule is CCOC(=O)C1=C2CC(CC#N)CN2C(c2nccs2)=N[C@H]1c1ccc(F)cc1Br. The molecule has 2 atom stereocenters. The highest BCUT2D eigenvalue weighted by Crippen LogP contribution is 2.44. The molecule has 1 saturated heterocycles. The summed E-state index contributed by atoms with van der Waals surface area (Å²) in [6.45, 7) is 2.57. The summed E-state index contributed by atoms with van der Waals surface area (Å²) in [5.41, 5.74) is 1.91. The molecule has 0 radical (unpaired) electrons. The molecule has 2 aliphatic rings. The average Bonchev–Trinajstić information content (AvgIpc) is 3.37. The zero-order chi connectivity index (χ0) is 21.3. The number of halogens is 2. The van der Waals surface area contributed by atoms with Crippen molar-refractivity contribution in [2.75, 3.05) is 13.2 Å². The summed E-state index contributed by atoms with van der Waals surface area (Å²) >= 11 is 4.88. The number of allylic oxidation sites excluding steroid dienone is 1. The van der Waals surface area contributed by atoms with E-state index in [9.17, 15) is 14.4 Å². The van der Waals surface area contributed by atoms with Gasteiger partial charge in [-0.3, -0.25) is 4.99 Å². The number of ether oxygens (including phenoxy) is 1. The average molecular weight is 489 g/mol. The molecule has 0 amide bonds. The van der Waals surface area contributed by atoms with Gasteiger partial charge in [0.2, 0.25) is 0 Å². The quantitative estimate of drug-likeness (QED) is 0.574. The minimum atomic E-state index is -0.662. The number of thiazole rings is 1. The third kappa shape index (κ3) is 3.77. The molecule has 30 heavy (non-hydrogen) atoms. The topological polar surface area (TPSA) is 78.6 Å². The first kappa shape index (κ1) is 20.7. The number of carbonyl (C=O) groups excluding carboxylic acids is 1. The molecule has 0 aliphatic carbocycles. The third-order valence-electron chi connectivity index (χ3n) is 5.10. The van der Waals surface area contributed by atoms with Gasteiger partial charge in [0, 0.05) is 34.7 Å². The van der Waals surface area contributed by atoms with Crippen LogP contribution in [0.25, 0.3) is 0 Å². The van der Waals surface area contributed by atoms with E-state index in [0.29, 0.717) is 40.8 Å². The van der Waals surface area contributed by atoms with Crippen LogP contribution in [-0.2, 0) is 9.53 Å². The zero-order valence-corrected chi connectivity index (χ0v) is 18.5. The number of rotatable bonds is 5. The maximum Gasteiger partial charge on any atom is 0.338 e. The Bertz CT molecular complexity index is 1080. The van der Waals surface area contributed by atoms with E-state index in [1.54, 1.807) is 19.2 Å². The van der Waals surface area contributed by atoms with E-state index in [-0.39, 0.29) is 18.3 Å². The van der Waals surface area contributed by atoms with Crippen LogP contribution in [0, 0.1) is 23.1 Å². The van der Waals surface area contributed by atoms with Crippen molar-refractivity contribution in [3.63, 3.8) is 0 Å². The van der Waals surface area contributed by atoms with Crippen LogP contribution in [0.5, 0.6) is 0 Å². The Hall–Kier alpha value is -2.57. The van der Waals surface area contributed by atoms with Gasteiger partial charge in [0.15, 0.2) is 10.8 Å². The second-order valence-corrected chi connectivity index (χ2v) is 8.73.